The Bertz CT molecular complexity index is 757. The molecule has 7 nitrogen and oxygen atoms in total. The molecule has 0 bridgehead atoms. The summed E-state index contributed by atoms with van der Waals surface area (Å²) in [5.74, 6) is 0.488. The van der Waals surface area contributed by atoms with Gasteiger partial charge in [0, 0.05) is 12.7 Å². The summed E-state index contributed by atoms with van der Waals surface area (Å²) in [5.41, 5.74) is 2.88. The molecule has 0 unspecified atom stereocenters. The fourth-order valence-electron chi connectivity index (χ4n) is 1.95. The number of nitrogens with zero attached hydrogens (tertiary/aromatic N) is 3. The van der Waals surface area contributed by atoms with Crippen molar-refractivity contribution in [1.82, 2.24) is 20.1 Å². The minimum absolute atomic E-state index is 0.0649. The minimum atomic E-state index is -0.253. The molecule has 24 heavy (non-hydrogen) atoms. The van der Waals surface area contributed by atoms with Gasteiger partial charge >= 0.3 is 0 Å². The highest BCUT2D eigenvalue weighted by atomic mass is 32.2. The first-order valence-corrected chi connectivity index (χ1v) is 8.48. The molecule has 0 fully saturated rings. The van der Waals surface area contributed by atoms with E-state index < -0.39 is 0 Å². The summed E-state index contributed by atoms with van der Waals surface area (Å²) < 4.78 is 1.81. The minimum Gasteiger partial charge on any atom is -0.346 e. The Morgan fingerprint density at radius 1 is 1.17 bits per heavy atom. The average Bonchev–Trinajstić information content (AvgIpc) is 2.87. The van der Waals surface area contributed by atoms with Crippen LogP contribution >= 0.6 is 11.8 Å². The molecule has 0 radical (unpaired) electrons. The van der Waals surface area contributed by atoms with Crippen molar-refractivity contribution in [3.63, 3.8) is 0 Å². The number of carbonyl (C=O) groups excluding carboxylic acids is 2. The van der Waals surface area contributed by atoms with Gasteiger partial charge in [0.15, 0.2) is 5.16 Å². The lowest BCUT2D eigenvalue weighted by Gasteiger charge is -2.10. The summed E-state index contributed by atoms with van der Waals surface area (Å²) >= 11 is 1.28. The van der Waals surface area contributed by atoms with E-state index in [1.807, 2.05) is 50.6 Å². The molecule has 2 N–H and O–H groups in total. The summed E-state index contributed by atoms with van der Waals surface area (Å²) in [4.78, 5) is 23.8. The quantitative estimate of drug-likeness (QED) is 0.775. The van der Waals surface area contributed by atoms with Crippen LogP contribution in [0.2, 0.25) is 0 Å². The van der Waals surface area contributed by atoms with Gasteiger partial charge in [0.05, 0.1) is 12.3 Å². The van der Waals surface area contributed by atoms with Crippen molar-refractivity contribution >= 4 is 29.3 Å². The van der Waals surface area contributed by atoms with Gasteiger partial charge in [-0.15, -0.1) is 10.2 Å². The number of rotatable bonds is 6. The molecule has 0 spiro atoms. The molecule has 0 saturated heterocycles. The number of aromatic nitrogens is 3. The van der Waals surface area contributed by atoms with E-state index in [0.29, 0.717) is 5.16 Å². The highest BCUT2D eigenvalue weighted by molar-refractivity contribution is 7.99. The summed E-state index contributed by atoms with van der Waals surface area (Å²) in [6.45, 7) is 5.71. The second-order valence-corrected chi connectivity index (χ2v) is 6.39. The van der Waals surface area contributed by atoms with E-state index in [2.05, 4.69) is 20.8 Å². The maximum Gasteiger partial charge on any atom is 0.243 e. The van der Waals surface area contributed by atoms with Gasteiger partial charge in [-0.2, -0.15) is 0 Å². The van der Waals surface area contributed by atoms with Crippen LogP contribution in [0.4, 0.5) is 5.69 Å². The van der Waals surface area contributed by atoms with Crippen molar-refractivity contribution < 1.29 is 9.59 Å². The van der Waals surface area contributed by atoms with Crippen molar-refractivity contribution in [2.24, 2.45) is 7.05 Å². The van der Waals surface area contributed by atoms with Crippen LogP contribution in [0.5, 0.6) is 0 Å². The lowest BCUT2D eigenvalue weighted by atomic mass is 10.1. The number of hydrogen-bond donors (Lipinski definition) is 2. The van der Waals surface area contributed by atoms with Gasteiger partial charge < -0.3 is 15.2 Å². The fourth-order valence-corrected chi connectivity index (χ4v) is 2.74. The maximum absolute atomic E-state index is 12.0. The Morgan fingerprint density at radius 3 is 2.58 bits per heavy atom. The molecule has 0 aliphatic heterocycles. The Labute approximate surface area is 145 Å². The van der Waals surface area contributed by atoms with Gasteiger partial charge in [0.2, 0.25) is 11.8 Å². The zero-order chi connectivity index (χ0) is 17.7. The Kier molecular flexibility index (Phi) is 5.97. The smallest absolute Gasteiger partial charge is 0.243 e. The zero-order valence-corrected chi connectivity index (χ0v) is 15.0. The van der Waals surface area contributed by atoms with Crippen LogP contribution in [0, 0.1) is 20.8 Å². The number of amides is 2. The second-order valence-electron chi connectivity index (χ2n) is 5.45. The molecule has 0 aliphatic rings. The first-order chi connectivity index (χ1) is 11.4. The highest BCUT2D eigenvalue weighted by Crippen LogP contribution is 2.17. The van der Waals surface area contributed by atoms with Gasteiger partial charge in [0.1, 0.15) is 5.82 Å². The van der Waals surface area contributed by atoms with Gasteiger partial charge in [-0.05, 0) is 38.0 Å². The molecule has 1 aromatic heterocycles. The van der Waals surface area contributed by atoms with Crippen LogP contribution in [0.1, 0.15) is 17.0 Å². The van der Waals surface area contributed by atoms with Crippen LogP contribution in [0.15, 0.2) is 23.4 Å². The van der Waals surface area contributed by atoms with Crippen molar-refractivity contribution in [2.45, 2.75) is 25.9 Å². The molecule has 1 heterocycles. The van der Waals surface area contributed by atoms with Gasteiger partial charge in [-0.1, -0.05) is 23.9 Å². The van der Waals surface area contributed by atoms with E-state index in [4.69, 9.17) is 0 Å². The molecule has 1 aromatic carbocycles. The SMILES string of the molecule is Cc1cccc(NC(=O)CNC(=O)CSc2nnc(C)n2C)c1C. The molecule has 128 valence electrons. The largest absolute Gasteiger partial charge is 0.346 e. The van der Waals surface area contributed by atoms with E-state index in [-0.39, 0.29) is 24.1 Å². The first kappa shape index (κ1) is 18.0. The number of hydrogen-bond acceptors (Lipinski definition) is 5. The standard InChI is InChI=1S/C16H21N5O2S/c1-10-6-5-7-13(11(10)2)18-14(22)8-17-15(23)9-24-16-20-19-12(3)21(16)4/h5-7H,8-9H2,1-4H3,(H,17,23)(H,18,22). The molecule has 2 aromatic rings. The summed E-state index contributed by atoms with van der Waals surface area (Å²) in [6.07, 6.45) is 0. The predicted molar refractivity (Wildman–Crippen MR) is 94.0 cm³/mol. The van der Waals surface area contributed by atoms with Gasteiger partial charge in [0.25, 0.3) is 0 Å². The molecule has 8 heteroatoms. The third-order valence-corrected chi connectivity index (χ3v) is 4.73. The third kappa shape index (κ3) is 4.58. The lowest BCUT2D eigenvalue weighted by Crippen LogP contribution is -2.34. The number of nitrogens with one attached hydrogen (secondary N) is 2. The lowest BCUT2D eigenvalue weighted by molar-refractivity contribution is -0.122. The van der Waals surface area contributed by atoms with Crippen LogP contribution in [0.25, 0.3) is 0 Å². The van der Waals surface area contributed by atoms with Crippen LogP contribution in [0.3, 0.4) is 0 Å². The number of anilines is 1. The van der Waals surface area contributed by atoms with Gasteiger partial charge in [-0.25, -0.2) is 0 Å². The topological polar surface area (TPSA) is 88.9 Å². The monoisotopic (exact) mass is 347 g/mol. The molecule has 2 amide bonds. The fraction of sp³-hybridized carbons (Fsp3) is 0.375. The number of aryl methyl sites for hydroxylation is 2. The number of carbonyl (C=O) groups is 2. The van der Waals surface area contributed by atoms with E-state index in [9.17, 15) is 9.59 Å². The first-order valence-electron chi connectivity index (χ1n) is 7.50. The third-order valence-electron chi connectivity index (χ3n) is 3.71. The van der Waals surface area contributed by atoms with E-state index in [1.54, 1.807) is 0 Å². The molecule has 0 atom stereocenters. The highest BCUT2D eigenvalue weighted by Gasteiger charge is 2.11. The van der Waals surface area contributed by atoms with Gasteiger partial charge in [-0.3, -0.25) is 9.59 Å². The second kappa shape index (κ2) is 7.96. The molecule has 0 aliphatic carbocycles. The van der Waals surface area contributed by atoms with E-state index >= 15 is 0 Å². The molecule has 0 saturated carbocycles. The normalized spacial score (nSPS) is 10.5. The zero-order valence-electron chi connectivity index (χ0n) is 14.2. The number of benzene rings is 1. The summed E-state index contributed by atoms with van der Waals surface area (Å²) in [5, 5.41) is 14.0. The van der Waals surface area contributed by atoms with Crippen molar-refractivity contribution in [3.8, 4) is 0 Å². The predicted octanol–water partition coefficient (Wildman–Crippen LogP) is 1.59. The van der Waals surface area contributed by atoms with Crippen molar-refractivity contribution in [2.75, 3.05) is 17.6 Å². The Hall–Kier alpha value is -2.35. The Balaban J connectivity index is 1.78. The van der Waals surface area contributed by atoms with Crippen LogP contribution in [-0.2, 0) is 16.6 Å². The van der Waals surface area contributed by atoms with Crippen molar-refractivity contribution in [1.29, 1.82) is 0 Å². The number of thioether (sulfide) groups is 1. The molecular formula is C16H21N5O2S. The molecular weight excluding hydrogens is 326 g/mol. The Morgan fingerprint density at radius 2 is 1.92 bits per heavy atom. The van der Waals surface area contributed by atoms with E-state index in [1.165, 1.54) is 11.8 Å². The average molecular weight is 347 g/mol. The van der Waals surface area contributed by atoms with Crippen molar-refractivity contribution in [3.05, 3.63) is 35.2 Å². The summed E-state index contributed by atoms with van der Waals surface area (Å²) in [7, 11) is 1.84. The molecule has 2 rings (SSSR count). The van der Waals surface area contributed by atoms with Crippen LogP contribution < -0.4 is 10.6 Å². The summed E-state index contributed by atoms with van der Waals surface area (Å²) in [6, 6.07) is 5.71. The maximum atomic E-state index is 12.0. The van der Waals surface area contributed by atoms with Crippen LogP contribution in [-0.4, -0.2) is 38.9 Å². The van der Waals surface area contributed by atoms with E-state index in [0.717, 1.165) is 22.6 Å².